The van der Waals surface area contributed by atoms with Crippen LogP contribution in [0.3, 0.4) is 0 Å². The second kappa shape index (κ2) is 5.76. The van der Waals surface area contributed by atoms with Crippen LogP contribution in [0.15, 0.2) is 83.3 Å². The Morgan fingerprint density at radius 3 is 2.32 bits per heavy atom. The van der Waals surface area contributed by atoms with Gasteiger partial charge in [0.05, 0.1) is 5.52 Å². The Labute approximate surface area is 160 Å². The van der Waals surface area contributed by atoms with E-state index < -0.39 is 0 Å². The van der Waals surface area contributed by atoms with Gasteiger partial charge < -0.3 is 9.40 Å². The molecule has 0 radical (unpaired) electrons. The van der Waals surface area contributed by atoms with Gasteiger partial charge in [0.1, 0.15) is 5.69 Å². The molecule has 132 valence electrons. The molecule has 2 aliphatic heterocycles. The van der Waals surface area contributed by atoms with E-state index >= 15 is 0 Å². The minimum absolute atomic E-state index is 0.422. The van der Waals surface area contributed by atoms with Crippen molar-refractivity contribution < 1.29 is 4.42 Å². The number of para-hydroxylation sites is 2. The summed E-state index contributed by atoms with van der Waals surface area (Å²) in [5.74, 6) is 0.911. The number of aromatic amines is 1. The monoisotopic (exact) mass is 362 g/mol. The van der Waals surface area contributed by atoms with Gasteiger partial charge in [-0.3, -0.25) is 0 Å². The van der Waals surface area contributed by atoms with E-state index in [4.69, 9.17) is 4.42 Å². The molecule has 3 heterocycles. The van der Waals surface area contributed by atoms with E-state index in [0.717, 1.165) is 38.6 Å². The topological polar surface area (TPSA) is 67.6 Å². The maximum Gasteiger partial charge on any atom is 0.264 e. The lowest BCUT2D eigenvalue weighted by Gasteiger charge is -2.05. The van der Waals surface area contributed by atoms with Gasteiger partial charge >= 0.3 is 0 Å². The number of benzene rings is 3. The van der Waals surface area contributed by atoms with Gasteiger partial charge in [0.25, 0.3) is 11.8 Å². The minimum atomic E-state index is 0.422. The van der Waals surface area contributed by atoms with Crippen molar-refractivity contribution in [3.63, 3.8) is 0 Å². The molecule has 2 aliphatic rings. The van der Waals surface area contributed by atoms with Crippen molar-refractivity contribution in [2.45, 2.75) is 0 Å². The Bertz CT molecular complexity index is 1410. The molecule has 5 nitrogen and oxygen atoms in total. The summed E-state index contributed by atoms with van der Waals surface area (Å²) in [7, 11) is 0. The quantitative estimate of drug-likeness (QED) is 0.439. The van der Waals surface area contributed by atoms with Crippen molar-refractivity contribution in [2.24, 2.45) is 0 Å². The van der Waals surface area contributed by atoms with Crippen molar-refractivity contribution >= 4 is 21.8 Å². The molecule has 0 amide bonds. The number of fused-ring (bicyclic) bond motifs is 4. The van der Waals surface area contributed by atoms with Crippen LogP contribution in [-0.2, 0) is 0 Å². The van der Waals surface area contributed by atoms with Crippen LogP contribution in [0, 0.1) is 0 Å². The van der Waals surface area contributed by atoms with Crippen LogP contribution in [0.1, 0.15) is 0 Å². The first-order valence-corrected chi connectivity index (χ1v) is 9.07. The average molecular weight is 362 g/mol. The fraction of sp³-hybridized carbons (Fsp3) is 0. The van der Waals surface area contributed by atoms with Crippen molar-refractivity contribution in [3.8, 4) is 34.3 Å². The molecule has 6 rings (SSSR count). The zero-order chi connectivity index (χ0) is 18.5. The Morgan fingerprint density at radius 1 is 0.679 bits per heavy atom. The molecular weight excluding hydrogens is 348 g/mol. The van der Waals surface area contributed by atoms with Crippen LogP contribution in [0.5, 0.6) is 0 Å². The molecule has 0 aliphatic carbocycles. The van der Waals surface area contributed by atoms with Gasteiger partial charge in [0.2, 0.25) is 0 Å². The summed E-state index contributed by atoms with van der Waals surface area (Å²) in [6, 6.07) is 26.3. The summed E-state index contributed by atoms with van der Waals surface area (Å²) in [4.78, 5) is 8.03. The van der Waals surface area contributed by atoms with Crippen LogP contribution >= 0.6 is 0 Å². The Hall–Kier alpha value is -3.99. The summed E-state index contributed by atoms with van der Waals surface area (Å²) < 4.78 is 6.11. The summed E-state index contributed by atoms with van der Waals surface area (Å²) in [6.07, 6.45) is 0. The Morgan fingerprint density at radius 2 is 1.43 bits per heavy atom. The Kier molecular flexibility index (Phi) is 3.10. The molecule has 0 unspecified atom stereocenters. The number of rotatable bonds is 2. The summed E-state index contributed by atoms with van der Waals surface area (Å²) in [5.41, 5.74) is 5.49. The predicted molar refractivity (Wildman–Crippen MR) is 109 cm³/mol. The number of aromatic nitrogens is 4. The number of nitrogens with zero attached hydrogens (tertiary/aromatic N) is 3. The van der Waals surface area contributed by atoms with Crippen molar-refractivity contribution in [2.75, 3.05) is 0 Å². The first-order chi connectivity index (χ1) is 13.9. The van der Waals surface area contributed by atoms with Crippen molar-refractivity contribution in [1.29, 1.82) is 0 Å². The first kappa shape index (κ1) is 15.1. The van der Waals surface area contributed by atoms with Gasteiger partial charge in [-0.1, -0.05) is 66.7 Å². The molecule has 3 aromatic carbocycles. The standard InChI is InChI=1S/C23H14N4O/c1-2-8-14(9-3-1)19-15-10-4-6-12-17(15)24-21(19)23-27-26-20-16-11-5-7-13-18(16)25-22(20)28-23/h1-13,24H. The zero-order valence-corrected chi connectivity index (χ0v) is 14.8. The van der Waals surface area contributed by atoms with Crippen LogP contribution < -0.4 is 0 Å². The van der Waals surface area contributed by atoms with E-state index in [1.54, 1.807) is 0 Å². The van der Waals surface area contributed by atoms with Gasteiger partial charge in [-0.2, -0.15) is 0 Å². The molecule has 0 atom stereocenters. The van der Waals surface area contributed by atoms with Crippen molar-refractivity contribution in [3.05, 3.63) is 78.9 Å². The molecule has 5 heteroatoms. The largest absolute Gasteiger partial charge is 0.414 e. The van der Waals surface area contributed by atoms with E-state index in [-0.39, 0.29) is 0 Å². The molecule has 0 saturated heterocycles. The molecule has 0 fully saturated rings. The molecule has 28 heavy (non-hydrogen) atoms. The third-order valence-corrected chi connectivity index (χ3v) is 5.00. The number of hydrogen-bond donors (Lipinski definition) is 1. The lowest BCUT2D eigenvalue weighted by molar-refractivity contribution is 0.529. The highest BCUT2D eigenvalue weighted by atomic mass is 16.4. The van der Waals surface area contributed by atoms with Gasteiger partial charge in [-0.05, 0) is 17.7 Å². The third-order valence-electron chi connectivity index (χ3n) is 5.00. The molecule has 1 N–H and O–H groups in total. The first-order valence-electron chi connectivity index (χ1n) is 9.07. The van der Waals surface area contributed by atoms with Crippen LogP contribution in [0.25, 0.3) is 56.1 Å². The van der Waals surface area contributed by atoms with Gasteiger partial charge in [0, 0.05) is 21.9 Å². The van der Waals surface area contributed by atoms with Crippen LogP contribution in [-0.4, -0.2) is 20.2 Å². The molecule has 1 aromatic heterocycles. The zero-order valence-electron chi connectivity index (χ0n) is 14.8. The van der Waals surface area contributed by atoms with Gasteiger partial charge in [-0.25, -0.2) is 4.98 Å². The van der Waals surface area contributed by atoms with Crippen molar-refractivity contribution in [1.82, 2.24) is 20.2 Å². The fourth-order valence-electron chi connectivity index (χ4n) is 3.73. The minimum Gasteiger partial charge on any atom is -0.414 e. The van der Waals surface area contributed by atoms with Gasteiger partial charge in [0.15, 0.2) is 5.69 Å². The molecule has 0 bridgehead atoms. The highest BCUT2D eigenvalue weighted by Crippen LogP contribution is 2.39. The lowest BCUT2D eigenvalue weighted by atomic mass is 10.0. The van der Waals surface area contributed by atoms with Gasteiger partial charge in [-0.15, -0.1) is 10.2 Å². The molecule has 0 spiro atoms. The Balaban J connectivity index is 1.65. The third kappa shape index (κ3) is 2.16. The van der Waals surface area contributed by atoms with Crippen LogP contribution in [0.4, 0.5) is 0 Å². The number of hydrogen-bond acceptors (Lipinski definition) is 4. The molecular formula is C23H14N4O. The fourth-order valence-corrected chi connectivity index (χ4v) is 3.73. The van der Waals surface area contributed by atoms with E-state index in [2.05, 4.69) is 38.4 Å². The number of nitrogens with one attached hydrogen (secondary N) is 1. The highest BCUT2D eigenvalue weighted by molar-refractivity contribution is 6.03. The normalized spacial score (nSPS) is 11.6. The summed E-state index contributed by atoms with van der Waals surface area (Å²) >= 11 is 0. The van der Waals surface area contributed by atoms with E-state index in [1.165, 1.54) is 0 Å². The predicted octanol–water partition coefficient (Wildman–Crippen LogP) is 5.54. The summed E-state index contributed by atoms with van der Waals surface area (Å²) in [5, 5.41) is 10.9. The average Bonchev–Trinajstić information content (AvgIpc) is 3.32. The lowest BCUT2D eigenvalue weighted by Crippen LogP contribution is -1.93. The second-order valence-corrected chi connectivity index (χ2v) is 6.68. The highest BCUT2D eigenvalue weighted by Gasteiger charge is 2.22. The van der Waals surface area contributed by atoms with E-state index in [1.807, 2.05) is 60.7 Å². The molecule has 0 saturated carbocycles. The number of H-pyrrole nitrogens is 1. The summed E-state index contributed by atoms with van der Waals surface area (Å²) in [6.45, 7) is 0. The van der Waals surface area contributed by atoms with Crippen LogP contribution in [0.2, 0.25) is 0 Å². The van der Waals surface area contributed by atoms with E-state index in [0.29, 0.717) is 17.5 Å². The SMILES string of the molecule is c1ccc(-c2c(-c3nnc4c5ccccc5nc-4o3)[nH]c3ccccc23)cc1. The molecule has 4 aromatic rings. The van der Waals surface area contributed by atoms with E-state index in [9.17, 15) is 0 Å². The smallest absolute Gasteiger partial charge is 0.264 e. The maximum absolute atomic E-state index is 6.11. The maximum atomic E-state index is 6.11. The second-order valence-electron chi connectivity index (χ2n) is 6.68.